The smallest absolute Gasteiger partial charge is 0.341 e. The van der Waals surface area contributed by atoms with Gasteiger partial charge >= 0.3 is 6.18 Å². The Bertz CT molecular complexity index is 401. The number of amides is 1. The quantitative estimate of drug-likeness (QED) is 0.901. The SMILES string of the molecule is CN(CCC(F)(F)F)C(=O)c1ccc(CN)cc1. The van der Waals surface area contributed by atoms with Crippen LogP contribution < -0.4 is 5.73 Å². The Morgan fingerprint density at radius 2 is 1.83 bits per heavy atom. The monoisotopic (exact) mass is 260 g/mol. The minimum absolute atomic E-state index is 0.346. The van der Waals surface area contributed by atoms with E-state index in [1.807, 2.05) is 0 Å². The second kappa shape index (κ2) is 5.86. The van der Waals surface area contributed by atoms with E-state index in [-0.39, 0.29) is 6.54 Å². The first-order valence-corrected chi connectivity index (χ1v) is 5.44. The molecule has 0 radical (unpaired) electrons. The van der Waals surface area contributed by atoms with E-state index in [0.717, 1.165) is 10.5 Å². The molecule has 0 aliphatic carbocycles. The van der Waals surface area contributed by atoms with E-state index in [0.29, 0.717) is 12.1 Å². The number of rotatable bonds is 4. The average molecular weight is 260 g/mol. The number of carbonyl (C=O) groups is 1. The Morgan fingerprint density at radius 3 is 2.28 bits per heavy atom. The highest BCUT2D eigenvalue weighted by atomic mass is 19.4. The number of benzene rings is 1. The number of hydrogen-bond donors (Lipinski definition) is 1. The lowest BCUT2D eigenvalue weighted by Gasteiger charge is -2.18. The molecule has 0 unspecified atom stereocenters. The van der Waals surface area contributed by atoms with E-state index in [1.165, 1.54) is 7.05 Å². The van der Waals surface area contributed by atoms with Gasteiger partial charge in [-0.2, -0.15) is 13.2 Å². The Hall–Kier alpha value is -1.56. The maximum atomic E-state index is 12.0. The summed E-state index contributed by atoms with van der Waals surface area (Å²) >= 11 is 0. The predicted octanol–water partition coefficient (Wildman–Crippen LogP) is 2.17. The number of nitrogens with zero attached hydrogens (tertiary/aromatic N) is 1. The second-order valence-electron chi connectivity index (χ2n) is 3.99. The predicted molar refractivity (Wildman–Crippen MR) is 62.0 cm³/mol. The van der Waals surface area contributed by atoms with Gasteiger partial charge in [-0.15, -0.1) is 0 Å². The molecule has 0 saturated heterocycles. The highest BCUT2D eigenvalue weighted by Gasteiger charge is 2.28. The molecule has 1 aromatic rings. The lowest BCUT2D eigenvalue weighted by atomic mass is 10.1. The van der Waals surface area contributed by atoms with E-state index < -0.39 is 18.5 Å². The normalized spacial score (nSPS) is 11.4. The summed E-state index contributed by atoms with van der Waals surface area (Å²) in [6.45, 7) is 0.0133. The lowest BCUT2D eigenvalue weighted by molar-refractivity contribution is -0.136. The van der Waals surface area contributed by atoms with Gasteiger partial charge in [-0.05, 0) is 17.7 Å². The van der Waals surface area contributed by atoms with Crippen LogP contribution >= 0.6 is 0 Å². The zero-order valence-corrected chi connectivity index (χ0v) is 10.00. The average Bonchev–Trinajstić information content (AvgIpc) is 2.34. The van der Waals surface area contributed by atoms with Gasteiger partial charge in [-0.1, -0.05) is 12.1 Å². The van der Waals surface area contributed by atoms with Gasteiger partial charge in [-0.25, -0.2) is 0 Å². The van der Waals surface area contributed by atoms with Crippen LogP contribution in [0.4, 0.5) is 13.2 Å². The Labute approximate surface area is 103 Å². The Morgan fingerprint density at radius 1 is 1.28 bits per heavy atom. The summed E-state index contributed by atoms with van der Waals surface area (Å²) in [4.78, 5) is 12.8. The molecule has 1 aromatic carbocycles. The molecule has 0 aliphatic rings. The van der Waals surface area contributed by atoms with Crippen molar-refractivity contribution in [2.75, 3.05) is 13.6 Å². The molecule has 18 heavy (non-hydrogen) atoms. The minimum Gasteiger partial charge on any atom is -0.341 e. The lowest BCUT2D eigenvalue weighted by Crippen LogP contribution is -2.30. The van der Waals surface area contributed by atoms with Gasteiger partial charge in [0.25, 0.3) is 5.91 Å². The van der Waals surface area contributed by atoms with Gasteiger partial charge in [-0.3, -0.25) is 4.79 Å². The van der Waals surface area contributed by atoms with Crippen molar-refractivity contribution in [1.82, 2.24) is 4.90 Å². The number of hydrogen-bond acceptors (Lipinski definition) is 2. The molecule has 6 heteroatoms. The highest BCUT2D eigenvalue weighted by molar-refractivity contribution is 5.94. The topological polar surface area (TPSA) is 46.3 Å². The molecule has 1 rings (SSSR count). The van der Waals surface area contributed by atoms with E-state index in [1.54, 1.807) is 24.3 Å². The van der Waals surface area contributed by atoms with Crippen molar-refractivity contribution >= 4 is 5.91 Å². The van der Waals surface area contributed by atoms with Crippen molar-refractivity contribution in [3.8, 4) is 0 Å². The molecule has 0 atom stereocenters. The molecule has 100 valence electrons. The van der Waals surface area contributed by atoms with Crippen LogP contribution in [0.3, 0.4) is 0 Å². The zero-order chi connectivity index (χ0) is 13.8. The standard InChI is InChI=1S/C12H15F3N2O/c1-17(7-6-12(13,14)15)11(18)10-4-2-9(8-16)3-5-10/h2-5H,6-8,16H2,1H3. The third-order valence-corrected chi connectivity index (χ3v) is 2.51. The van der Waals surface area contributed by atoms with Crippen molar-refractivity contribution < 1.29 is 18.0 Å². The third kappa shape index (κ3) is 4.37. The van der Waals surface area contributed by atoms with Crippen molar-refractivity contribution in [2.45, 2.75) is 19.1 Å². The fourth-order valence-corrected chi connectivity index (χ4v) is 1.40. The van der Waals surface area contributed by atoms with E-state index in [9.17, 15) is 18.0 Å². The summed E-state index contributed by atoms with van der Waals surface area (Å²) in [7, 11) is 1.35. The largest absolute Gasteiger partial charge is 0.390 e. The number of carbonyl (C=O) groups excluding carboxylic acids is 1. The van der Waals surface area contributed by atoms with Gasteiger partial charge in [0.05, 0.1) is 6.42 Å². The number of nitrogens with two attached hydrogens (primary N) is 1. The maximum Gasteiger partial charge on any atom is 0.390 e. The molecular weight excluding hydrogens is 245 g/mol. The van der Waals surface area contributed by atoms with E-state index in [2.05, 4.69) is 0 Å². The molecule has 0 spiro atoms. The molecule has 3 nitrogen and oxygen atoms in total. The summed E-state index contributed by atoms with van der Waals surface area (Å²) < 4.78 is 36.1. The number of alkyl halides is 3. The van der Waals surface area contributed by atoms with Crippen LogP contribution in [0.1, 0.15) is 22.3 Å². The van der Waals surface area contributed by atoms with Crippen LogP contribution in [0.15, 0.2) is 24.3 Å². The summed E-state index contributed by atoms with van der Waals surface area (Å²) in [6.07, 6.45) is -5.26. The highest BCUT2D eigenvalue weighted by Crippen LogP contribution is 2.19. The van der Waals surface area contributed by atoms with Crippen LogP contribution in [-0.4, -0.2) is 30.6 Å². The van der Waals surface area contributed by atoms with Crippen LogP contribution in [0.5, 0.6) is 0 Å². The molecule has 0 aromatic heterocycles. The van der Waals surface area contributed by atoms with Crippen molar-refractivity contribution in [3.63, 3.8) is 0 Å². The van der Waals surface area contributed by atoms with E-state index >= 15 is 0 Å². The maximum absolute atomic E-state index is 12.0. The van der Waals surface area contributed by atoms with Crippen molar-refractivity contribution in [3.05, 3.63) is 35.4 Å². The first-order valence-electron chi connectivity index (χ1n) is 5.44. The second-order valence-corrected chi connectivity index (χ2v) is 3.99. The first kappa shape index (κ1) is 14.5. The van der Waals surface area contributed by atoms with Gasteiger partial charge in [0.15, 0.2) is 0 Å². The number of halogens is 3. The van der Waals surface area contributed by atoms with Crippen molar-refractivity contribution in [2.24, 2.45) is 5.73 Å². The van der Waals surface area contributed by atoms with E-state index in [4.69, 9.17) is 5.73 Å². The molecule has 0 fully saturated rings. The molecule has 0 heterocycles. The summed E-state index contributed by atoms with van der Waals surface area (Å²) in [5, 5.41) is 0. The van der Waals surface area contributed by atoms with Gasteiger partial charge in [0.2, 0.25) is 0 Å². The first-order chi connectivity index (χ1) is 8.33. The van der Waals surface area contributed by atoms with Gasteiger partial charge < -0.3 is 10.6 Å². The van der Waals surface area contributed by atoms with Crippen LogP contribution in [0, 0.1) is 0 Å². The third-order valence-electron chi connectivity index (χ3n) is 2.51. The minimum atomic E-state index is -4.25. The molecule has 2 N–H and O–H groups in total. The summed E-state index contributed by atoms with van der Waals surface area (Å²) in [5.41, 5.74) is 6.63. The molecular formula is C12H15F3N2O. The van der Waals surface area contributed by atoms with Crippen LogP contribution in [0.2, 0.25) is 0 Å². The Kier molecular flexibility index (Phi) is 4.72. The summed E-state index contributed by atoms with van der Waals surface area (Å²) in [5.74, 6) is -0.428. The van der Waals surface area contributed by atoms with Gasteiger partial charge in [0, 0.05) is 25.7 Å². The summed E-state index contributed by atoms with van der Waals surface area (Å²) in [6, 6.07) is 6.50. The fraction of sp³-hybridized carbons (Fsp3) is 0.417. The van der Waals surface area contributed by atoms with Crippen LogP contribution in [-0.2, 0) is 6.54 Å². The zero-order valence-electron chi connectivity index (χ0n) is 10.00. The van der Waals surface area contributed by atoms with Gasteiger partial charge in [0.1, 0.15) is 0 Å². The molecule has 0 saturated carbocycles. The van der Waals surface area contributed by atoms with Crippen LogP contribution in [0.25, 0.3) is 0 Å². The Balaban J connectivity index is 2.62. The molecule has 0 bridgehead atoms. The molecule has 1 amide bonds. The van der Waals surface area contributed by atoms with Crippen molar-refractivity contribution in [1.29, 1.82) is 0 Å². The fourth-order valence-electron chi connectivity index (χ4n) is 1.40. The molecule has 0 aliphatic heterocycles.